The number of carboxylic acids is 1. The average molecular weight is 308 g/mol. The number of rotatable bonds is 9. The molecule has 6 heteroatoms. The number of aliphatic carboxylic acids is 1. The largest absolute Gasteiger partial charge is 0.497 e. The number of hydrogen-bond acceptors (Lipinski definition) is 3. The second-order valence-corrected chi connectivity index (χ2v) is 5.14. The van der Waals surface area contributed by atoms with Crippen molar-refractivity contribution in [2.24, 2.45) is 0 Å². The van der Waals surface area contributed by atoms with Gasteiger partial charge in [-0.05, 0) is 36.5 Å². The number of carbonyl (C=O) groups excluding carboxylic acids is 1. The Labute approximate surface area is 130 Å². The number of methoxy groups -OCH3 is 1. The van der Waals surface area contributed by atoms with Crippen LogP contribution in [0.15, 0.2) is 24.3 Å². The Morgan fingerprint density at radius 1 is 1.18 bits per heavy atom. The topological polar surface area (TPSA) is 87.7 Å². The van der Waals surface area contributed by atoms with Crippen LogP contribution in [-0.2, 0) is 4.79 Å². The van der Waals surface area contributed by atoms with Crippen molar-refractivity contribution in [1.29, 1.82) is 0 Å². The third-order valence-electron chi connectivity index (χ3n) is 3.40. The van der Waals surface area contributed by atoms with E-state index in [-0.39, 0.29) is 12.5 Å². The maximum atomic E-state index is 11.5. The van der Waals surface area contributed by atoms with E-state index in [0.717, 1.165) is 12.2 Å². The standard InChI is InChI=1S/C16H24N2O4/c1-12(13-5-7-14(22-2)8-6-13)9-11-18-16(21)17-10-3-4-15(19)20/h5-8,12H,3-4,9-11H2,1-2H3,(H,19,20)(H2,17,18,21). The maximum Gasteiger partial charge on any atom is 0.314 e. The highest BCUT2D eigenvalue weighted by molar-refractivity contribution is 5.73. The zero-order valence-corrected chi connectivity index (χ0v) is 13.1. The Balaban J connectivity index is 2.19. The molecule has 122 valence electrons. The molecule has 0 saturated heterocycles. The summed E-state index contributed by atoms with van der Waals surface area (Å²) in [6.07, 6.45) is 1.33. The molecule has 0 bridgehead atoms. The van der Waals surface area contributed by atoms with Gasteiger partial charge in [-0.3, -0.25) is 4.79 Å². The fourth-order valence-corrected chi connectivity index (χ4v) is 2.01. The van der Waals surface area contributed by atoms with Crippen LogP contribution < -0.4 is 15.4 Å². The third kappa shape index (κ3) is 6.97. The first kappa shape index (κ1) is 17.8. The van der Waals surface area contributed by atoms with Crippen LogP contribution in [0.4, 0.5) is 4.79 Å². The summed E-state index contributed by atoms with van der Waals surface area (Å²) in [5.74, 6) is 0.309. The summed E-state index contributed by atoms with van der Waals surface area (Å²) in [6.45, 7) is 3.04. The van der Waals surface area contributed by atoms with Gasteiger partial charge in [-0.15, -0.1) is 0 Å². The van der Waals surface area contributed by atoms with E-state index in [4.69, 9.17) is 9.84 Å². The SMILES string of the molecule is COc1ccc(C(C)CCNC(=O)NCCCC(=O)O)cc1. The summed E-state index contributed by atoms with van der Waals surface area (Å²) >= 11 is 0. The van der Waals surface area contributed by atoms with Crippen molar-refractivity contribution in [2.75, 3.05) is 20.2 Å². The number of hydrogen-bond donors (Lipinski definition) is 3. The smallest absolute Gasteiger partial charge is 0.314 e. The minimum Gasteiger partial charge on any atom is -0.497 e. The van der Waals surface area contributed by atoms with Crippen molar-refractivity contribution in [2.45, 2.75) is 32.1 Å². The summed E-state index contributed by atoms with van der Waals surface area (Å²) < 4.78 is 5.12. The average Bonchev–Trinajstić information content (AvgIpc) is 2.51. The number of carbonyl (C=O) groups is 2. The molecule has 1 atom stereocenters. The lowest BCUT2D eigenvalue weighted by molar-refractivity contribution is -0.137. The molecule has 1 rings (SSSR count). The van der Waals surface area contributed by atoms with Gasteiger partial charge in [0, 0.05) is 19.5 Å². The van der Waals surface area contributed by atoms with Gasteiger partial charge in [0.05, 0.1) is 7.11 Å². The Kier molecular flexibility index (Phi) is 7.81. The van der Waals surface area contributed by atoms with E-state index in [9.17, 15) is 9.59 Å². The highest BCUT2D eigenvalue weighted by Crippen LogP contribution is 2.21. The number of amides is 2. The molecule has 0 fully saturated rings. The molecule has 1 aromatic rings. The molecule has 0 saturated carbocycles. The van der Waals surface area contributed by atoms with E-state index in [1.165, 1.54) is 5.56 Å². The Bertz CT molecular complexity index is 474. The van der Waals surface area contributed by atoms with Crippen molar-refractivity contribution in [3.8, 4) is 5.75 Å². The van der Waals surface area contributed by atoms with Crippen LogP contribution in [0.1, 0.15) is 37.7 Å². The molecule has 0 aliphatic heterocycles. The van der Waals surface area contributed by atoms with Crippen molar-refractivity contribution in [3.05, 3.63) is 29.8 Å². The van der Waals surface area contributed by atoms with Crippen molar-refractivity contribution >= 4 is 12.0 Å². The van der Waals surface area contributed by atoms with Crippen molar-refractivity contribution < 1.29 is 19.4 Å². The first-order valence-corrected chi connectivity index (χ1v) is 7.40. The van der Waals surface area contributed by atoms with Gasteiger partial charge >= 0.3 is 12.0 Å². The van der Waals surface area contributed by atoms with Gasteiger partial charge in [0.2, 0.25) is 0 Å². The second-order valence-electron chi connectivity index (χ2n) is 5.14. The van der Waals surface area contributed by atoms with Gasteiger partial charge in [-0.2, -0.15) is 0 Å². The van der Waals surface area contributed by atoms with Crippen LogP contribution in [0.25, 0.3) is 0 Å². The van der Waals surface area contributed by atoms with E-state index >= 15 is 0 Å². The van der Waals surface area contributed by atoms with Crippen molar-refractivity contribution in [1.82, 2.24) is 10.6 Å². The fourth-order valence-electron chi connectivity index (χ4n) is 2.01. The number of nitrogens with one attached hydrogen (secondary N) is 2. The molecule has 0 spiro atoms. The summed E-state index contributed by atoms with van der Waals surface area (Å²) in [5.41, 5.74) is 1.20. The van der Waals surface area contributed by atoms with E-state index < -0.39 is 5.97 Å². The minimum atomic E-state index is -0.851. The first-order valence-electron chi connectivity index (χ1n) is 7.40. The predicted octanol–water partition coefficient (Wildman–Crippen LogP) is 2.35. The molecule has 0 aliphatic carbocycles. The van der Waals surface area contributed by atoms with E-state index in [0.29, 0.717) is 25.4 Å². The van der Waals surface area contributed by atoms with Crippen LogP contribution >= 0.6 is 0 Å². The highest BCUT2D eigenvalue weighted by atomic mass is 16.5. The normalized spacial score (nSPS) is 11.5. The zero-order chi connectivity index (χ0) is 16.4. The Hall–Kier alpha value is -2.24. The fraction of sp³-hybridized carbons (Fsp3) is 0.500. The van der Waals surface area contributed by atoms with Gasteiger partial charge in [-0.25, -0.2) is 4.79 Å². The van der Waals surface area contributed by atoms with E-state index in [1.807, 2.05) is 24.3 Å². The van der Waals surface area contributed by atoms with Gasteiger partial charge < -0.3 is 20.5 Å². The second kappa shape index (κ2) is 9.65. The highest BCUT2D eigenvalue weighted by Gasteiger charge is 2.07. The number of ether oxygens (including phenoxy) is 1. The van der Waals surface area contributed by atoms with Crippen LogP contribution in [0.5, 0.6) is 5.75 Å². The Morgan fingerprint density at radius 2 is 1.82 bits per heavy atom. The first-order chi connectivity index (χ1) is 10.5. The van der Waals surface area contributed by atoms with Gasteiger partial charge in [-0.1, -0.05) is 19.1 Å². The quantitative estimate of drug-likeness (QED) is 0.611. The summed E-state index contributed by atoms with van der Waals surface area (Å²) in [4.78, 5) is 21.8. The molecular formula is C16H24N2O4. The predicted molar refractivity (Wildman–Crippen MR) is 84.3 cm³/mol. The van der Waals surface area contributed by atoms with Gasteiger partial charge in [0.15, 0.2) is 0 Å². The van der Waals surface area contributed by atoms with E-state index in [2.05, 4.69) is 17.6 Å². The molecule has 0 aliphatic rings. The van der Waals surface area contributed by atoms with Gasteiger partial charge in [0.1, 0.15) is 5.75 Å². The van der Waals surface area contributed by atoms with Crippen LogP contribution in [0, 0.1) is 0 Å². The lowest BCUT2D eigenvalue weighted by Crippen LogP contribution is -2.36. The molecule has 1 unspecified atom stereocenters. The molecule has 22 heavy (non-hydrogen) atoms. The molecule has 0 radical (unpaired) electrons. The van der Waals surface area contributed by atoms with Gasteiger partial charge in [0.25, 0.3) is 0 Å². The number of carboxylic acid groups (broad SMARTS) is 1. The van der Waals surface area contributed by atoms with Crippen molar-refractivity contribution in [3.63, 3.8) is 0 Å². The summed E-state index contributed by atoms with van der Waals surface area (Å²) in [5, 5.41) is 13.9. The van der Waals surface area contributed by atoms with Crippen LogP contribution in [-0.4, -0.2) is 37.3 Å². The molecule has 0 aromatic heterocycles. The molecule has 3 N–H and O–H groups in total. The molecule has 0 heterocycles. The molecule has 2 amide bonds. The maximum absolute atomic E-state index is 11.5. The number of urea groups is 1. The number of benzene rings is 1. The third-order valence-corrected chi connectivity index (χ3v) is 3.40. The lowest BCUT2D eigenvalue weighted by Gasteiger charge is -2.13. The lowest BCUT2D eigenvalue weighted by atomic mass is 9.98. The zero-order valence-electron chi connectivity index (χ0n) is 13.1. The van der Waals surface area contributed by atoms with Crippen LogP contribution in [0.3, 0.4) is 0 Å². The molecule has 6 nitrogen and oxygen atoms in total. The Morgan fingerprint density at radius 3 is 2.41 bits per heavy atom. The van der Waals surface area contributed by atoms with E-state index in [1.54, 1.807) is 7.11 Å². The minimum absolute atomic E-state index is 0.0643. The molecular weight excluding hydrogens is 284 g/mol. The summed E-state index contributed by atoms with van der Waals surface area (Å²) in [7, 11) is 1.64. The molecule has 1 aromatic carbocycles. The van der Waals surface area contributed by atoms with Crippen LogP contribution in [0.2, 0.25) is 0 Å². The summed E-state index contributed by atoms with van der Waals surface area (Å²) in [6, 6.07) is 7.64. The monoisotopic (exact) mass is 308 g/mol.